The van der Waals surface area contributed by atoms with Gasteiger partial charge in [-0.2, -0.15) is 0 Å². The molecule has 1 N–H and O–H groups in total. The fraction of sp³-hybridized carbons (Fsp3) is 0.0625. The van der Waals surface area contributed by atoms with Crippen LogP contribution in [0.1, 0.15) is 11.1 Å². The van der Waals surface area contributed by atoms with Crippen LogP contribution in [0.15, 0.2) is 48.5 Å². The number of benzene rings is 2. The van der Waals surface area contributed by atoms with Gasteiger partial charge in [-0.05, 0) is 48.4 Å². The van der Waals surface area contributed by atoms with Gasteiger partial charge in [0.05, 0.1) is 0 Å². The Balaban J connectivity index is 2.03. The molecule has 0 saturated heterocycles. The van der Waals surface area contributed by atoms with Gasteiger partial charge in [-0.1, -0.05) is 29.8 Å². The van der Waals surface area contributed by atoms with Gasteiger partial charge < -0.3 is 5.32 Å². The summed E-state index contributed by atoms with van der Waals surface area (Å²) in [6.07, 6.45) is 2.90. The summed E-state index contributed by atoms with van der Waals surface area (Å²) >= 11 is 5.98. The van der Waals surface area contributed by atoms with Crippen LogP contribution in [-0.4, -0.2) is 5.91 Å². The number of carbonyl (C=O) groups is 1. The number of aryl methyl sites for hydroxylation is 1. The predicted molar refractivity (Wildman–Crippen MR) is 80.3 cm³/mol. The van der Waals surface area contributed by atoms with Crippen molar-refractivity contribution in [1.82, 2.24) is 0 Å². The fourth-order valence-corrected chi connectivity index (χ4v) is 1.82. The summed E-state index contributed by atoms with van der Waals surface area (Å²) in [7, 11) is 0. The van der Waals surface area contributed by atoms with Crippen LogP contribution >= 0.6 is 11.6 Å². The number of rotatable bonds is 3. The van der Waals surface area contributed by atoms with E-state index in [0.717, 1.165) is 5.56 Å². The zero-order chi connectivity index (χ0) is 14.5. The van der Waals surface area contributed by atoms with E-state index in [2.05, 4.69) is 5.32 Å². The second kappa shape index (κ2) is 6.35. The Kier molecular flexibility index (Phi) is 4.53. The molecule has 4 heteroatoms. The molecule has 0 atom stereocenters. The largest absolute Gasteiger partial charge is 0.322 e. The Morgan fingerprint density at radius 2 is 2.05 bits per heavy atom. The maximum atomic E-state index is 13.0. The van der Waals surface area contributed by atoms with E-state index in [1.807, 2.05) is 13.0 Å². The summed E-state index contributed by atoms with van der Waals surface area (Å²) in [6.45, 7) is 1.89. The van der Waals surface area contributed by atoms with Crippen molar-refractivity contribution in [2.75, 3.05) is 5.32 Å². The Labute approximate surface area is 121 Å². The van der Waals surface area contributed by atoms with Crippen molar-refractivity contribution in [3.05, 3.63) is 70.5 Å². The highest BCUT2D eigenvalue weighted by Gasteiger charge is 2.01. The molecule has 0 fully saturated rings. The highest BCUT2D eigenvalue weighted by Crippen LogP contribution is 2.19. The number of nitrogens with one attached hydrogen (secondary N) is 1. The Morgan fingerprint density at radius 3 is 2.75 bits per heavy atom. The molecule has 0 heterocycles. The van der Waals surface area contributed by atoms with E-state index >= 15 is 0 Å². The minimum Gasteiger partial charge on any atom is -0.322 e. The molecule has 0 spiro atoms. The molecule has 0 aromatic heterocycles. The summed E-state index contributed by atoms with van der Waals surface area (Å²) in [5, 5.41) is 3.29. The lowest BCUT2D eigenvalue weighted by Crippen LogP contribution is -2.07. The van der Waals surface area contributed by atoms with E-state index in [1.165, 1.54) is 18.2 Å². The Hall–Kier alpha value is -2.13. The van der Waals surface area contributed by atoms with Crippen molar-refractivity contribution >= 4 is 29.3 Å². The summed E-state index contributed by atoms with van der Waals surface area (Å²) < 4.78 is 13.0. The summed E-state index contributed by atoms with van der Waals surface area (Å²) in [4.78, 5) is 11.7. The Morgan fingerprint density at radius 1 is 1.25 bits per heavy atom. The lowest BCUT2D eigenvalue weighted by molar-refractivity contribution is -0.111. The molecule has 0 radical (unpaired) electrons. The van der Waals surface area contributed by atoms with Gasteiger partial charge >= 0.3 is 0 Å². The first kappa shape index (κ1) is 14.3. The molecule has 20 heavy (non-hydrogen) atoms. The molecule has 0 unspecified atom stereocenters. The van der Waals surface area contributed by atoms with Crippen molar-refractivity contribution in [3.8, 4) is 0 Å². The van der Waals surface area contributed by atoms with Gasteiger partial charge in [-0.15, -0.1) is 0 Å². The van der Waals surface area contributed by atoms with E-state index in [9.17, 15) is 9.18 Å². The van der Waals surface area contributed by atoms with Gasteiger partial charge in [-0.3, -0.25) is 4.79 Å². The van der Waals surface area contributed by atoms with Gasteiger partial charge in [0.1, 0.15) is 5.82 Å². The molecule has 0 bridgehead atoms. The maximum Gasteiger partial charge on any atom is 0.248 e. The van der Waals surface area contributed by atoms with E-state index in [-0.39, 0.29) is 11.7 Å². The maximum absolute atomic E-state index is 13.0. The summed E-state index contributed by atoms with van der Waals surface area (Å²) in [5.41, 5.74) is 2.19. The molecule has 0 aliphatic heterocycles. The monoisotopic (exact) mass is 289 g/mol. The topological polar surface area (TPSA) is 29.1 Å². The molecule has 2 nitrogen and oxygen atoms in total. The van der Waals surface area contributed by atoms with Gasteiger partial charge in [0.15, 0.2) is 0 Å². The van der Waals surface area contributed by atoms with Crippen molar-refractivity contribution in [2.45, 2.75) is 6.92 Å². The Bertz CT molecular complexity index is 667. The number of anilines is 1. The molecule has 1 amide bonds. The predicted octanol–water partition coefficient (Wildman–Crippen LogP) is 4.44. The first-order chi connectivity index (χ1) is 9.54. The summed E-state index contributed by atoms with van der Waals surface area (Å²) in [5.74, 6) is -0.632. The number of hydrogen-bond acceptors (Lipinski definition) is 1. The van der Waals surface area contributed by atoms with Gasteiger partial charge in [0.2, 0.25) is 5.91 Å². The van der Waals surface area contributed by atoms with Crippen LogP contribution in [0.5, 0.6) is 0 Å². The van der Waals surface area contributed by atoms with Gasteiger partial charge in [-0.25, -0.2) is 4.39 Å². The van der Waals surface area contributed by atoms with Crippen LogP contribution in [0.4, 0.5) is 10.1 Å². The zero-order valence-electron chi connectivity index (χ0n) is 10.9. The van der Waals surface area contributed by atoms with E-state index in [1.54, 1.807) is 30.3 Å². The lowest BCUT2D eigenvalue weighted by Gasteiger charge is -2.04. The average Bonchev–Trinajstić information content (AvgIpc) is 2.41. The smallest absolute Gasteiger partial charge is 0.248 e. The molecule has 0 aliphatic rings. The zero-order valence-corrected chi connectivity index (χ0v) is 11.6. The van der Waals surface area contributed by atoms with Gasteiger partial charge in [0.25, 0.3) is 0 Å². The number of amides is 1. The van der Waals surface area contributed by atoms with Crippen molar-refractivity contribution < 1.29 is 9.18 Å². The standard InChI is InChI=1S/C16H13ClFNO/c1-11-5-7-14(10-15(11)17)19-16(20)8-6-12-3-2-4-13(18)9-12/h2-10H,1H3,(H,19,20)/b8-6+. The number of halogens is 2. The molecule has 2 rings (SSSR count). The van der Waals surface area contributed by atoms with Crippen LogP contribution in [0, 0.1) is 12.7 Å². The van der Waals surface area contributed by atoms with E-state index in [0.29, 0.717) is 16.3 Å². The second-order valence-corrected chi connectivity index (χ2v) is 4.75. The van der Waals surface area contributed by atoms with Crippen molar-refractivity contribution in [2.24, 2.45) is 0 Å². The van der Waals surface area contributed by atoms with Crippen LogP contribution in [0.3, 0.4) is 0 Å². The van der Waals surface area contributed by atoms with E-state index < -0.39 is 0 Å². The number of carbonyl (C=O) groups excluding carboxylic acids is 1. The third kappa shape index (κ3) is 3.93. The highest BCUT2D eigenvalue weighted by atomic mass is 35.5. The normalized spacial score (nSPS) is 10.8. The second-order valence-electron chi connectivity index (χ2n) is 4.34. The van der Waals surface area contributed by atoms with Crippen molar-refractivity contribution in [1.29, 1.82) is 0 Å². The fourth-order valence-electron chi connectivity index (χ4n) is 1.64. The molecule has 0 aliphatic carbocycles. The van der Waals surface area contributed by atoms with Crippen molar-refractivity contribution in [3.63, 3.8) is 0 Å². The summed E-state index contributed by atoms with van der Waals surface area (Å²) in [6, 6.07) is 11.3. The lowest BCUT2D eigenvalue weighted by atomic mass is 10.2. The minimum atomic E-state index is -0.335. The van der Waals surface area contributed by atoms with Crippen LogP contribution in [0.25, 0.3) is 6.08 Å². The van der Waals surface area contributed by atoms with Crippen LogP contribution < -0.4 is 5.32 Å². The quantitative estimate of drug-likeness (QED) is 0.832. The average molecular weight is 290 g/mol. The third-order valence-corrected chi connectivity index (χ3v) is 3.12. The molecular weight excluding hydrogens is 277 g/mol. The highest BCUT2D eigenvalue weighted by molar-refractivity contribution is 6.31. The number of hydrogen-bond donors (Lipinski definition) is 1. The molecule has 102 valence electrons. The SMILES string of the molecule is Cc1ccc(NC(=O)/C=C/c2cccc(F)c2)cc1Cl. The molecule has 0 saturated carbocycles. The van der Waals surface area contributed by atoms with Crippen LogP contribution in [-0.2, 0) is 4.79 Å². The first-order valence-corrected chi connectivity index (χ1v) is 6.43. The molecule has 2 aromatic carbocycles. The van der Waals surface area contributed by atoms with Crippen LogP contribution in [0.2, 0.25) is 5.02 Å². The van der Waals surface area contributed by atoms with Gasteiger partial charge in [0, 0.05) is 16.8 Å². The first-order valence-electron chi connectivity index (χ1n) is 6.05. The molecule has 2 aromatic rings. The minimum absolute atomic E-state index is 0.297. The molecular formula is C16H13ClFNO. The van der Waals surface area contributed by atoms with E-state index in [4.69, 9.17) is 11.6 Å². The third-order valence-electron chi connectivity index (χ3n) is 2.72.